The van der Waals surface area contributed by atoms with Crippen molar-refractivity contribution in [1.29, 1.82) is 0 Å². The van der Waals surface area contributed by atoms with Gasteiger partial charge in [0.2, 0.25) is 0 Å². The molecule has 0 saturated heterocycles. The highest BCUT2D eigenvalue weighted by Crippen LogP contribution is 2.32. The van der Waals surface area contributed by atoms with E-state index in [2.05, 4.69) is 0 Å². The lowest BCUT2D eigenvalue weighted by atomic mass is 9.84. The Kier molecular flexibility index (Phi) is 6.62. The molecule has 2 aromatic rings. The topological polar surface area (TPSA) is 52.6 Å². The first-order valence-corrected chi connectivity index (χ1v) is 9.72. The summed E-state index contributed by atoms with van der Waals surface area (Å²) in [6.07, 6.45) is 0.391. The molecule has 0 atom stereocenters. The molecule has 0 aliphatic heterocycles. The van der Waals surface area contributed by atoms with Gasteiger partial charge in [-0.3, -0.25) is 9.59 Å². The van der Waals surface area contributed by atoms with E-state index >= 15 is 0 Å². The summed E-state index contributed by atoms with van der Waals surface area (Å²) >= 11 is 0. The van der Waals surface area contributed by atoms with E-state index in [0.717, 1.165) is 5.56 Å². The second-order valence-electron chi connectivity index (χ2n) is 8.81. The van der Waals surface area contributed by atoms with E-state index in [1.54, 1.807) is 52.0 Å². The molecule has 0 unspecified atom stereocenters. The van der Waals surface area contributed by atoms with Crippen molar-refractivity contribution in [2.75, 3.05) is 0 Å². The lowest BCUT2D eigenvalue weighted by molar-refractivity contribution is -0.165. The zero-order valence-electron chi connectivity index (χ0n) is 18.1. The van der Waals surface area contributed by atoms with Gasteiger partial charge in [0.05, 0.1) is 13.4 Å². The van der Waals surface area contributed by atoms with Gasteiger partial charge >= 0.3 is 5.97 Å². The van der Waals surface area contributed by atoms with Crippen molar-refractivity contribution >= 4 is 19.6 Å². The van der Waals surface area contributed by atoms with Crippen LogP contribution in [0.4, 0.5) is 0 Å². The second kappa shape index (κ2) is 8.44. The summed E-state index contributed by atoms with van der Waals surface area (Å²) in [6.45, 7) is 10.6. The number of hydrogen-bond acceptors (Lipinski definition) is 4. The second-order valence-corrected chi connectivity index (χ2v) is 8.81. The molecule has 0 heterocycles. The monoisotopic (exact) mass is 392 g/mol. The first-order valence-electron chi connectivity index (χ1n) is 9.72. The summed E-state index contributed by atoms with van der Waals surface area (Å²) in [5.41, 5.74) is -1.39. The van der Waals surface area contributed by atoms with Crippen LogP contribution < -0.4 is 4.74 Å². The van der Waals surface area contributed by atoms with E-state index in [-0.39, 0.29) is 5.78 Å². The van der Waals surface area contributed by atoms with Gasteiger partial charge in [0.15, 0.2) is 5.78 Å². The number of benzene rings is 2. The number of ether oxygens (including phenoxy) is 2. The molecule has 2 radical (unpaired) electrons. The molecule has 152 valence electrons. The van der Waals surface area contributed by atoms with Gasteiger partial charge in [0, 0.05) is 5.56 Å². The number of esters is 1. The SMILES string of the molecule is [B]CC(C)(C)Oc1ccc(C(C)(C)OC(=O)C(C)(C)C(=O)c2ccccc2)cc1. The van der Waals surface area contributed by atoms with Crippen LogP contribution in [-0.4, -0.2) is 25.2 Å². The number of Topliss-reactive ketones (excluding diaryl/α,β-unsaturated/α-hetero) is 1. The number of ketones is 1. The summed E-state index contributed by atoms with van der Waals surface area (Å²) in [4.78, 5) is 25.7. The Hall–Kier alpha value is -2.56. The average molecular weight is 392 g/mol. The Morgan fingerprint density at radius 1 is 0.862 bits per heavy atom. The van der Waals surface area contributed by atoms with Crippen LogP contribution in [0.5, 0.6) is 5.75 Å². The fourth-order valence-electron chi connectivity index (χ4n) is 2.75. The normalized spacial score (nSPS) is 12.3. The lowest BCUT2D eigenvalue weighted by Crippen LogP contribution is -2.39. The van der Waals surface area contributed by atoms with E-state index in [1.165, 1.54) is 0 Å². The minimum atomic E-state index is -1.30. The molecule has 2 rings (SSSR count). The predicted octanol–water partition coefficient (Wildman–Crippen LogP) is 5.12. The molecule has 5 heteroatoms. The summed E-state index contributed by atoms with van der Waals surface area (Å²) in [5.74, 6) is -0.154. The van der Waals surface area contributed by atoms with Crippen LogP contribution in [0.1, 0.15) is 57.5 Å². The lowest BCUT2D eigenvalue weighted by Gasteiger charge is -2.31. The van der Waals surface area contributed by atoms with Crippen LogP contribution in [0.25, 0.3) is 0 Å². The highest BCUT2D eigenvalue weighted by Gasteiger charge is 2.41. The van der Waals surface area contributed by atoms with Gasteiger partial charge in [-0.2, -0.15) is 0 Å². The molecule has 4 nitrogen and oxygen atoms in total. The first-order chi connectivity index (χ1) is 13.4. The van der Waals surface area contributed by atoms with Crippen molar-refractivity contribution in [2.45, 2.75) is 59.1 Å². The maximum Gasteiger partial charge on any atom is 0.320 e. The summed E-state index contributed by atoms with van der Waals surface area (Å²) in [6, 6.07) is 16.1. The third-order valence-corrected chi connectivity index (χ3v) is 4.90. The largest absolute Gasteiger partial charge is 0.489 e. The predicted molar refractivity (Wildman–Crippen MR) is 115 cm³/mol. The van der Waals surface area contributed by atoms with E-state index in [1.807, 2.05) is 44.2 Å². The van der Waals surface area contributed by atoms with Gasteiger partial charge in [0.1, 0.15) is 16.8 Å². The molecule has 2 aromatic carbocycles. The van der Waals surface area contributed by atoms with Crippen molar-refractivity contribution in [3.05, 3.63) is 65.7 Å². The Morgan fingerprint density at radius 3 is 1.93 bits per heavy atom. The van der Waals surface area contributed by atoms with Gasteiger partial charge in [-0.1, -0.05) is 42.5 Å². The van der Waals surface area contributed by atoms with Crippen LogP contribution in [0, 0.1) is 5.41 Å². The third-order valence-electron chi connectivity index (χ3n) is 4.90. The Balaban J connectivity index is 2.15. The Bertz CT molecular complexity index is 852. The van der Waals surface area contributed by atoms with Gasteiger partial charge in [-0.05, 0) is 65.6 Å². The van der Waals surface area contributed by atoms with Gasteiger partial charge < -0.3 is 9.47 Å². The van der Waals surface area contributed by atoms with Crippen molar-refractivity contribution in [3.63, 3.8) is 0 Å². The van der Waals surface area contributed by atoms with Crippen molar-refractivity contribution < 1.29 is 19.1 Å². The maximum atomic E-state index is 12.9. The van der Waals surface area contributed by atoms with Crippen LogP contribution in [-0.2, 0) is 15.1 Å². The highest BCUT2D eigenvalue weighted by molar-refractivity contribution is 6.11. The van der Waals surface area contributed by atoms with E-state index in [4.69, 9.17) is 17.3 Å². The molecule has 0 spiro atoms. The van der Waals surface area contributed by atoms with Gasteiger partial charge in [-0.15, -0.1) is 0 Å². The summed E-state index contributed by atoms with van der Waals surface area (Å²) < 4.78 is 11.6. The van der Waals surface area contributed by atoms with Crippen molar-refractivity contribution in [1.82, 2.24) is 0 Å². The standard InChI is InChI=1S/C24H29BO4/c1-22(2,16-25)28-19-14-12-18(13-15-19)24(5,6)29-21(27)23(3,4)20(26)17-10-8-7-9-11-17/h7-15H,16H2,1-6H3. The number of carbonyl (C=O) groups is 2. The highest BCUT2D eigenvalue weighted by atomic mass is 16.6. The molecule has 0 saturated carbocycles. The van der Waals surface area contributed by atoms with Crippen LogP contribution in [0.3, 0.4) is 0 Å². The molecule has 0 N–H and O–H groups in total. The molecular formula is C24H29BO4. The zero-order chi connectivity index (χ0) is 21.9. The number of rotatable bonds is 8. The quantitative estimate of drug-likeness (QED) is 0.271. The van der Waals surface area contributed by atoms with Crippen LogP contribution >= 0.6 is 0 Å². The average Bonchev–Trinajstić information content (AvgIpc) is 2.67. The first kappa shape index (κ1) is 22.7. The number of hydrogen-bond donors (Lipinski definition) is 0. The molecule has 0 aromatic heterocycles. The van der Waals surface area contributed by atoms with Gasteiger partial charge in [-0.25, -0.2) is 0 Å². The number of carbonyl (C=O) groups excluding carboxylic acids is 2. The summed E-state index contributed by atoms with van der Waals surface area (Å²) in [5, 5.41) is 0. The Labute approximate surface area is 175 Å². The smallest absolute Gasteiger partial charge is 0.320 e. The summed E-state index contributed by atoms with van der Waals surface area (Å²) in [7, 11) is 5.71. The van der Waals surface area contributed by atoms with Crippen LogP contribution in [0.15, 0.2) is 54.6 Å². The molecule has 0 aliphatic carbocycles. The molecular weight excluding hydrogens is 363 g/mol. The zero-order valence-corrected chi connectivity index (χ0v) is 18.1. The third kappa shape index (κ3) is 5.50. The van der Waals surface area contributed by atoms with E-state index in [0.29, 0.717) is 17.6 Å². The van der Waals surface area contributed by atoms with Gasteiger partial charge in [0.25, 0.3) is 0 Å². The Morgan fingerprint density at radius 2 is 1.41 bits per heavy atom. The minimum Gasteiger partial charge on any atom is -0.489 e. The molecule has 0 amide bonds. The van der Waals surface area contributed by atoms with E-state index < -0.39 is 22.6 Å². The molecule has 29 heavy (non-hydrogen) atoms. The molecule has 0 aliphatic rings. The minimum absolute atomic E-state index is 0.272. The fraction of sp³-hybridized carbons (Fsp3) is 0.417. The van der Waals surface area contributed by atoms with E-state index in [9.17, 15) is 9.59 Å². The van der Waals surface area contributed by atoms with Crippen molar-refractivity contribution in [2.24, 2.45) is 5.41 Å². The molecule has 0 bridgehead atoms. The van der Waals surface area contributed by atoms with Crippen molar-refractivity contribution in [3.8, 4) is 5.75 Å². The maximum absolute atomic E-state index is 12.9. The fourth-order valence-corrected chi connectivity index (χ4v) is 2.75. The van der Waals surface area contributed by atoms with Crippen LogP contribution in [0.2, 0.25) is 6.32 Å². The molecule has 0 fully saturated rings.